The average molecular weight is 673 g/mol. The number of anilines is 2. The largest absolute Gasteiger partial charge is 0.492 e. The Morgan fingerprint density at radius 2 is 1.98 bits per heavy atom. The zero-order chi connectivity index (χ0) is 29.2. The van der Waals surface area contributed by atoms with Gasteiger partial charge in [0.2, 0.25) is 0 Å². The molecule has 1 aliphatic carbocycles. The molecule has 11 heteroatoms. The third-order valence-electron chi connectivity index (χ3n) is 7.14. The van der Waals surface area contributed by atoms with E-state index in [4.69, 9.17) is 20.8 Å². The Bertz CT molecular complexity index is 1720. The van der Waals surface area contributed by atoms with Crippen molar-refractivity contribution in [1.29, 1.82) is 0 Å². The van der Waals surface area contributed by atoms with Gasteiger partial charge in [-0.05, 0) is 104 Å². The first kappa shape index (κ1) is 29.3. The quantitative estimate of drug-likeness (QED) is 0.125. The summed E-state index contributed by atoms with van der Waals surface area (Å²) in [5.74, 6) is 4.87. The van der Waals surface area contributed by atoms with Crippen LogP contribution < -0.4 is 10.1 Å². The molecule has 1 saturated carbocycles. The molecule has 0 bridgehead atoms. The van der Waals surface area contributed by atoms with Crippen molar-refractivity contribution in [3.05, 3.63) is 75.5 Å². The van der Waals surface area contributed by atoms with Crippen LogP contribution >= 0.6 is 39.3 Å². The number of ether oxygens (including phenoxy) is 1. The zero-order valence-electron chi connectivity index (χ0n) is 23.5. The summed E-state index contributed by atoms with van der Waals surface area (Å²) >= 11 is 11.7. The van der Waals surface area contributed by atoms with Crippen LogP contribution in [0.1, 0.15) is 43.2 Å². The molecule has 3 aromatic heterocycles. The van der Waals surface area contributed by atoms with E-state index in [2.05, 4.69) is 65.2 Å². The van der Waals surface area contributed by atoms with Gasteiger partial charge in [-0.3, -0.25) is 0 Å². The minimum absolute atomic E-state index is 0.0497. The Morgan fingerprint density at radius 1 is 1.14 bits per heavy atom. The van der Waals surface area contributed by atoms with Gasteiger partial charge in [0.25, 0.3) is 0 Å². The van der Waals surface area contributed by atoms with Crippen LogP contribution in [0.2, 0.25) is 5.02 Å². The third-order valence-corrected chi connectivity index (χ3v) is 9.11. The molecule has 0 saturated heterocycles. The number of rotatable bonds is 13. The van der Waals surface area contributed by atoms with Crippen LogP contribution in [0.4, 0.5) is 15.9 Å². The fourth-order valence-corrected chi connectivity index (χ4v) is 6.63. The van der Waals surface area contributed by atoms with Crippen LogP contribution in [0.25, 0.3) is 21.8 Å². The van der Waals surface area contributed by atoms with E-state index in [1.807, 2.05) is 32.1 Å². The first-order valence-electron chi connectivity index (χ1n) is 14.0. The third kappa shape index (κ3) is 6.56. The van der Waals surface area contributed by atoms with E-state index in [-0.39, 0.29) is 5.02 Å². The van der Waals surface area contributed by atoms with Crippen LogP contribution in [0, 0.1) is 5.82 Å². The van der Waals surface area contributed by atoms with Gasteiger partial charge >= 0.3 is 0 Å². The summed E-state index contributed by atoms with van der Waals surface area (Å²) < 4.78 is 29.2. The number of thioether (sulfide) groups is 1. The van der Waals surface area contributed by atoms with Gasteiger partial charge in [-0.25, -0.2) is 4.39 Å². The van der Waals surface area contributed by atoms with Gasteiger partial charge < -0.3 is 23.9 Å². The molecule has 2 aromatic carbocycles. The van der Waals surface area contributed by atoms with E-state index >= 15 is 0 Å². The van der Waals surface area contributed by atoms with Crippen LogP contribution in [0.15, 0.2) is 57.6 Å². The fraction of sp³-hybridized carbons (Fsp3) is 0.355. The zero-order valence-corrected chi connectivity index (χ0v) is 26.7. The number of furan rings is 1. The van der Waals surface area contributed by atoms with Crippen LogP contribution in [-0.4, -0.2) is 46.1 Å². The Hall–Kier alpha value is -2.79. The van der Waals surface area contributed by atoms with Gasteiger partial charge in [0.15, 0.2) is 5.82 Å². The van der Waals surface area contributed by atoms with E-state index in [1.54, 1.807) is 12.1 Å². The molecule has 0 spiro atoms. The first-order valence-corrected chi connectivity index (χ1v) is 16.3. The van der Waals surface area contributed by atoms with Gasteiger partial charge in [-0.1, -0.05) is 11.6 Å². The molecule has 6 rings (SSSR count). The van der Waals surface area contributed by atoms with Crippen molar-refractivity contribution < 1.29 is 13.5 Å². The van der Waals surface area contributed by atoms with E-state index in [0.717, 1.165) is 87.3 Å². The number of benzene rings is 2. The Balaban J connectivity index is 1.14. The number of nitrogens with zero attached hydrogens (tertiary/aromatic N) is 4. The molecule has 0 aliphatic heterocycles. The molecule has 1 N–H and O–H groups in total. The van der Waals surface area contributed by atoms with E-state index in [9.17, 15) is 4.39 Å². The maximum atomic E-state index is 13.8. The van der Waals surface area contributed by atoms with E-state index in [0.29, 0.717) is 24.2 Å². The van der Waals surface area contributed by atoms with Gasteiger partial charge in [0.05, 0.1) is 51.0 Å². The Morgan fingerprint density at radius 3 is 2.76 bits per heavy atom. The Labute approximate surface area is 261 Å². The number of halogens is 3. The molecule has 1 fully saturated rings. The van der Waals surface area contributed by atoms with Crippen LogP contribution in [-0.2, 0) is 12.3 Å². The molecule has 0 radical (unpaired) electrons. The molecule has 7 nitrogen and oxygen atoms in total. The van der Waals surface area contributed by atoms with Crippen molar-refractivity contribution >= 4 is 72.6 Å². The van der Waals surface area contributed by atoms with Crippen molar-refractivity contribution in [2.24, 2.45) is 0 Å². The van der Waals surface area contributed by atoms with Crippen LogP contribution in [0.5, 0.6) is 5.75 Å². The number of unbranched alkanes of at least 4 members (excludes halogenated alkanes) is 1. The number of aromatic nitrogens is 3. The predicted octanol–water partition coefficient (Wildman–Crippen LogP) is 8.96. The van der Waals surface area contributed by atoms with Crippen molar-refractivity contribution in [3.8, 4) is 5.75 Å². The van der Waals surface area contributed by atoms with Crippen molar-refractivity contribution in [3.63, 3.8) is 0 Å². The van der Waals surface area contributed by atoms with Gasteiger partial charge in [-0.2, -0.15) is 16.9 Å². The summed E-state index contributed by atoms with van der Waals surface area (Å²) in [5.41, 5.74) is 2.75. The van der Waals surface area contributed by atoms with E-state index in [1.165, 1.54) is 6.07 Å². The maximum absolute atomic E-state index is 13.8. The fourth-order valence-electron chi connectivity index (χ4n) is 5.09. The highest BCUT2D eigenvalue weighted by Crippen LogP contribution is 2.46. The Kier molecular flexibility index (Phi) is 8.95. The normalized spacial score (nSPS) is 13.5. The van der Waals surface area contributed by atoms with E-state index < -0.39 is 5.82 Å². The summed E-state index contributed by atoms with van der Waals surface area (Å²) in [6, 6.07) is 13.3. The van der Waals surface area contributed by atoms with Crippen molar-refractivity contribution in [2.45, 2.75) is 44.0 Å². The highest BCUT2D eigenvalue weighted by molar-refractivity contribution is 9.10. The average Bonchev–Trinajstić information content (AvgIpc) is 3.61. The standard InChI is InChI=1S/C31H32BrClFN5O2S/c1-38(2)17-21-8-9-22(41-21)18-42-12-4-3-11-40-29-14-23-27(15-24(29)32)39(20-6-7-20)28-16-35-37-31(30(23)28)36-19-5-10-26(34)25(33)13-19/h5,8-10,13-16,20H,3-4,6-7,11-12,17-18H2,1-2H3,(H,36,37). The lowest BCUT2D eigenvalue weighted by atomic mass is 10.2. The topological polar surface area (TPSA) is 68.3 Å². The summed E-state index contributed by atoms with van der Waals surface area (Å²) in [6.07, 6.45) is 6.08. The number of fused-ring (bicyclic) bond motifs is 3. The lowest BCUT2D eigenvalue weighted by molar-refractivity contribution is 0.308. The minimum Gasteiger partial charge on any atom is -0.492 e. The molecule has 0 unspecified atom stereocenters. The molecule has 220 valence electrons. The molecular formula is C31H32BrClFN5O2S. The molecular weight excluding hydrogens is 641 g/mol. The van der Waals surface area contributed by atoms with Gasteiger partial charge in [0.1, 0.15) is 23.1 Å². The highest BCUT2D eigenvalue weighted by Gasteiger charge is 2.29. The summed E-state index contributed by atoms with van der Waals surface area (Å²) in [5, 5.41) is 14.0. The van der Waals surface area contributed by atoms with Crippen molar-refractivity contribution in [1.82, 2.24) is 19.7 Å². The molecule has 0 atom stereocenters. The lowest BCUT2D eigenvalue weighted by Crippen LogP contribution is -2.09. The molecule has 1 aliphatic rings. The predicted molar refractivity (Wildman–Crippen MR) is 173 cm³/mol. The lowest BCUT2D eigenvalue weighted by Gasteiger charge is -2.10. The molecule has 0 amide bonds. The molecule has 3 heterocycles. The number of hydrogen-bond acceptors (Lipinski definition) is 7. The number of hydrogen-bond donors (Lipinski definition) is 1. The second kappa shape index (κ2) is 12.8. The number of nitrogens with one attached hydrogen (secondary N) is 1. The minimum atomic E-state index is -0.464. The first-order chi connectivity index (χ1) is 20.4. The van der Waals surface area contributed by atoms with Crippen molar-refractivity contribution in [2.75, 3.05) is 31.8 Å². The maximum Gasteiger partial charge on any atom is 0.163 e. The molecule has 42 heavy (non-hydrogen) atoms. The van der Waals surface area contributed by atoms with Gasteiger partial charge in [0, 0.05) is 17.1 Å². The second-order valence-corrected chi connectivity index (χ2v) is 13.2. The SMILES string of the molecule is CN(C)Cc1ccc(CSCCCCOc2cc3c4c(Nc5ccc(F)c(Cl)c5)nncc4n(C4CC4)c3cc2Br)o1. The highest BCUT2D eigenvalue weighted by atomic mass is 79.9. The smallest absolute Gasteiger partial charge is 0.163 e. The summed E-state index contributed by atoms with van der Waals surface area (Å²) in [6.45, 7) is 1.44. The second-order valence-electron chi connectivity index (χ2n) is 10.8. The monoisotopic (exact) mass is 671 g/mol. The molecule has 5 aromatic rings. The summed E-state index contributed by atoms with van der Waals surface area (Å²) in [7, 11) is 4.08. The summed E-state index contributed by atoms with van der Waals surface area (Å²) in [4.78, 5) is 2.10. The van der Waals surface area contributed by atoms with Crippen LogP contribution in [0.3, 0.4) is 0 Å². The van der Waals surface area contributed by atoms with Gasteiger partial charge in [-0.15, -0.1) is 5.10 Å².